The normalized spacial score (nSPS) is 20.2. The van der Waals surface area contributed by atoms with Gasteiger partial charge in [-0.25, -0.2) is 0 Å². The Hall–Kier alpha value is -0.710. The van der Waals surface area contributed by atoms with Gasteiger partial charge in [-0.3, -0.25) is 9.89 Å². The van der Waals surface area contributed by atoms with Gasteiger partial charge in [0.05, 0.1) is 6.54 Å². The van der Waals surface area contributed by atoms with Gasteiger partial charge in [0.1, 0.15) is 0 Å². The van der Waals surface area contributed by atoms with Crippen LogP contribution < -0.4 is 5.32 Å². The van der Waals surface area contributed by atoms with Gasteiger partial charge in [-0.05, 0) is 56.6 Å². The Bertz CT molecular complexity index is 512. The first-order valence-electron chi connectivity index (χ1n) is 7.19. The van der Waals surface area contributed by atoms with Crippen molar-refractivity contribution in [2.45, 2.75) is 32.4 Å². The first-order chi connectivity index (χ1) is 9.72. The summed E-state index contributed by atoms with van der Waals surface area (Å²) >= 11 is 7.83. The maximum absolute atomic E-state index is 6.00. The molecule has 0 amide bonds. The van der Waals surface area contributed by atoms with E-state index in [9.17, 15) is 0 Å². The van der Waals surface area contributed by atoms with Crippen molar-refractivity contribution < 1.29 is 0 Å². The van der Waals surface area contributed by atoms with E-state index in [1.54, 1.807) is 0 Å². The summed E-state index contributed by atoms with van der Waals surface area (Å²) in [6, 6.07) is 6.57. The number of hydrogen-bond acceptors (Lipinski definition) is 4. The quantitative estimate of drug-likeness (QED) is 0.919. The van der Waals surface area contributed by atoms with E-state index in [0.717, 1.165) is 28.2 Å². The number of thioether (sulfide) groups is 1. The third-order valence-electron chi connectivity index (χ3n) is 3.93. The number of amidine groups is 1. The standard InChI is InChI=1S/C15H20ClN3S/c1-11(19-6-2-3-7-19)10-20-15-17-9-12-8-13(16)4-5-14(12)18-15/h4-5,8,11H,2-3,6-7,9-10H2,1H3,(H,17,18). The summed E-state index contributed by atoms with van der Waals surface area (Å²) < 4.78 is 0. The van der Waals surface area contributed by atoms with Crippen LogP contribution in [0.1, 0.15) is 25.3 Å². The van der Waals surface area contributed by atoms with Crippen LogP contribution in [0.3, 0.4) is 0 Å². The van der Waals surface area contributed by atoms with E-state index in [1.165, 1.54) is 31.5 Å². The molecule has 1 N–H and O–H groups in total. The molecule has 0 bridgehead atoms. The molecule has 1 fully saturated rings. The lowest BCUT2D eigenvalue weighted by Crippen LogP contribution is -2.32. The van der Waals surface area contributed by atoms with Crippen molar-refractivity contribution in [2.24, 2.45) is 4.99 Å². The molecule has 0 aromatic heterocycles. The molecule has 3 nitrogen and oxygen atoms in total. The average molecular weight is 310 g/mol. The smallest absolute Gasteiger partial charge is 0.161 e. The fourth-order valence-electron chi connectivity index (χ4n) is 2.70. The summed E-state index contributed by atoms with van der Waals surface area (Å²) in [5, 5.41) is 5.22. The maximum Gasteiger partial charge on any atom is 0.161 e. The molecule has 0 radical (unpaired) electrons. The van der Waals surface area contributed by atoms with Gasteiger partial charge in [-0.15, -0.1) is 0 Å². The van der Waals surface area contributed by atoms with E-state index < -0.39 is 0 Å². The van der Waals surface area contributed by atoms with Crippen LogP contribution in [0.25, 0.3) is 0 Å². The highest BCUT2D eigenvalue weighted by Gasteiger charge is 2.19. The summed E-state index contributed by atoms with van der Waals surface area (Å²) in [6.07, 6.45) is 2.70. The Morgan fingerprint density at radius 1 is 1.40 bits per heavy atom. The molecule has 1 unspecified atom stereocenters. The van der Waals surface area contributed by atoms with Crippen LogP contribution in [0.2, 0.25) is 5.02 Å². The molecular formula is C15H20ClN3S. The monoisotopic (exact) mass is 309 g/mol. The first kappa shape index (κ1) is 14.2. The summed E-state index contributed by atoms with van der Waals surface area (Å²) in [7, 11) is 0. The summed E-state index contributed by atoms with van der Waals surface area (Å²) in [5.41, 5.74) is 2.31. The second-order valence-electron chi connectivity index (χ2n) is 5.45. The van der Waals surface area contributed by atoms with Crippen LogP contribution in [0.15, 0.2) is 23.2 Å². The Kier molecular flexibility index (Phi) is 4.54. The van der Waals surface area contributed by atoms with Crippen LogP contribution >= 0.6 is 23.4 Å². The van der Waals surface area contributed by atoms with Crippen molar-refractivity contribution in [1.82, 2.24) is 4.90 Å². The topological polar surface area (TPSA) is 27.6 Å². The summed E-state index contributed by atoms with van der Waals surface area (Å²) in [4.78, 5) is 7.18. The van der Waals surface area contributed by atoms with Crippen LogP contribution in [0, 0.1) is 0 Å². The van der Waals surface area contributed by atoms with E-state index in [4.69, 9.17) is 11.6 Å². The number of nitrogens with zero attached hydrogens (tertiary/aromatic N) is 2. The molecule has 2 heterocycles. The zero-order chi connectivity index (χ0) is 13.9. The molecule has 5 heteroatoms. The molecule has 20 heavy (non-hydrogen) atoms. The van der Waals surface area contributed by atoms with Gasteiger partial charge in [-0.1, -0.05) is 23.4 Å². The Balaban J connectivity index is 1.55. The van der Waals surface area contributed by atoms with Gasteiger partial charge in [0.15, 0.2) is 5.17 Å². The Labute approximate surface area is 129 Å². The molecule has 2 aliphatic rings. The maximum atomic E-state index is 6.00. The molecule has 1 atom stereocenters. The minimum Gasteiger partial charge on any atom is -0.335 e. The van der Waals surface area contributed by atoms with Gasteiger partial charge in [0, 0.05) is 22.5 Å². The number of fused-ring (bicyclic) bond motifs is 1. The first-order valence-corrected chi connectivity index (χ1v) is 8.55. The Morgan fingerprint density at radius 3 is 3.00 bits per heavy atom. The van der Waals surface area contributed by atoms with Crippen molar-refractivity contribution in [3.63, 3.8) is 0 Å². The molecule has 108 valence electrons. The van der Waals surface area contributed by atoms with Crippen molar-refractivity contribution >= 4 is 34.2 Å². The van der Waals surface area contributed by atoms with E-state index in [0.29, 0.717) is 6.04 Å². The zero-order valence-corrected chi connectivity index (χ0v) is 13.3. The van der Waals surface area contributed by atoms with Crippen molar-refractivity contribution in [1.29, 1.82) is 0 Å². The zero-order valence-electron chi connectivity index (χ0n) is 11.7. The molecule has 0 spiro atoms. The number of anilines is 1. The fourth-order valence-corrected chi connectivity index (χ4v) is 3.84. The van der Waals surface area contributed by atoms with Crippen LogP contribution in [0.4, 0.5) is 5.69 Å². The van der Waals surface area contributed by atoms with Gasteiger partial charge >= 0.3 is 0 Å². The van der Waals surface area contributed by atoms with Crippen molar-refractivity contribution in [3.05, 3.63) is 28.8 Å². The lowest BCUT2D eigenvalue weighted by molar-refractivity contribution is 0.280. The predicted molar refractivity (Wildman–Crippen MR) is 88.9 cm³/mol. The molecule has 1 saturated heterocycles. The van der Waals surface area contributed by atoms with E-state index in [-0.39, 0.29) is 0 Å². The fraction of sp³-hybridized carbons (Fsp3) is 0.533. The Morgan fingerprint density at radius 2 is 2.20 bits per heavy atom. The highest BCUT2D eigenvalue weighted by Crippen LogP contribution is 2.27. The minimum absolute atomic E-state index is 0.624. The number of rotatable bonds is 3. The third kappa shape index (κ3) is 3.30. The summed E-state index contributed by atoms with van der Waals surface area (Å²) in [6.45, 7) is 5.55. The number of halogens is 1. The number of benzene rings is 1. The van der Waals surface area contributed by atoms with Crippen molar-refractivity contribution in [2.75, 3.05) is 24.2 Å². The molecule has 0 aliphatic carbocycles. The second kappa shape index (κ2) is 6.37. The average Bonchev–Trinajstić information content (AvgIpc) is 2.99. The number of hydrogen-bond donors (Lipinski definition) is 1. The van der Waals surface area contributed by atoms with E-state index >= 15 is 0 Å². The molecule has 3 rings (SSSR count). The molecule has 1 aromatic rings. The van der Waals surface area contributed by atoms with Crippen LogP contribution in [-0.4, -0.2) is 35.0 Å². The number of nitrogens with one attached hydrogen (secondary N) is 1. The predicted octanol–water partition coefficient (Wildman–Crippen LogP) is 3.84. The lowest BCUT2D eigenvalue weighted by Gasteiger charge is -2.24. The largest absolute Gasteiger partial charge is 0.335 e. The van der Waals surface area contributed by atoms with Gasteiger partial charge < -0.3 is 5.32 Å². The molecule has 1 aromatic carbocycles. The second-order valence-corrected chi connectivity index (χ2v) is 6.90. The number of likely N-dealkylation sites (tertiary alicyclic amines) is 1. The lowest BCUT2D eigenvalue weighted by atomic mass is 10.1. The van der Waals surface area contributed by atoms with E-state index in [1.807, 2.05) is 30.0 Å². The van der Waals surface area contributed by atoms with E-state index in [2.05, 4.69) is 22.1 Å². The van der Waals surface area contributed by atoms with Gasteiger partial charge in [0.2, 0.25) is 0 Å². The van der Waals surface area contributed by atoms with Gasteiger partial charge in [-0.2, -0.15) is 0 Å². The summed E-state index contributed by atoms with van der Waals surface area (Å²) in [5.74, 6) is 1.09. The van der Waals surface area contributed by atoms with Crippen molar-refractivity contribution in [3.8, 4) is 0 Å². The highest BCUT2D eigenvalue weighted by molar-refractivity contribution is 8.14. The molecular weight excluding hydrogens is 290 g/mol. The molecule has 0 saturated carbocycles. The third-order valence-corrected chi connectivity index (χ3v) is 5.32. The van der Waals surface area contributed by atoms with Crippen LogP contribution in [-0.2, 0) is 6.54 Å². The highest BCUT2D eigenvalue weighted by atomic mass is 35.5. The van der Waals surface area contributed by atoms with Gasteiger partial charge in [0.25, 0.3) is 0 Å². The molecule has 2 aliphatic heterocycles. The number of aliphatic imine (C=N–C) groups is 1. The minimum atomic E-state index is 0.624. The van der Waals surface area contributed by atoms with Crippen LogP contribution in [0.5, 0.6) is 0 Å². The SMILES string of the molecule is CC(CSC1=NCc2cc(Cl)ccc2N1)N1CCCC1.